The molecule has 0 saturated heterocycles. The van der Waals surface area contributed by atoms with Crippen molar-refractivity contribution in [1.82, 2.24) is 4.90 Å². The first-order chi connectivity index (χ1) is 6.87. The third-order valence-corrected chi connectivity index (χ3v) is 2.51. The number of hydrogen-bond acceptors (Lipinski definition) is 2. The lowest BCUT2D eigenvalue weighted by atomic mass is 10.00. The van der Waals surface area contributed by atoms with Crippen molar-refractivity contribution >= 4 is 5.91 Å². The average Bonchev–Trinajstić information content (AvgIpc) is 2.13. The second kappa shape index (κ2) is 6.83. The molecule has 0 aromatic heterocycles. The van der Waals surface area contributed by atoms with E-state index in [1.54, 1.807) is 0 Å². The largest absolute Gasteiger partial charge is 0.346 e. The highest BCUT2D eigenvalue weighted by Crippen LogP contribution is 2.08. The summed E-state index contributed by atoms with van der Waals surface area (Å²) in [6.45, 7) is 6.95. The van der Waals surface area contributed by atoms with Gasteiger partial charge in [-0.05, 0) is 26.7 Å². The van der Waals surface area contributed by atoms with Crippen LogP contribution in [0.1, 0.15) is 52.9 Å². The summed E-state index contributed by atoms with van der Waals surface area (Å²) in [7, 11) is 1.88. The summed E-state index contributed by atoms with van der Waals surface area (Å²) >= 11 is 0. The molecule has 0 unspecified atom stereocenters. The van der Waals surface area contributed by atoms with Crippen LogP contribution in [-0.4, -0.2) is 29.9 Å². The number of rotatable bonds is 7. The predicted octanol–water partition coefficient (Wildman–Crippen LogP) is 2.15. The molecule has 0 fully saturated rings. The summed E-state index contributed by atoms with van der Waals surface area (Å²) in [5, 5.41) is 0. The minimum atomic E-state index is -0.236. The Kier molecular flexibility index (Phi) is 6.57. The van der Waals surface area contributed by atoms with E-state index in [-0.39, 0.29) is 11.4 Å². The van der Waals surface area contributed by atoms with Gasteiger partial charge in [-0.3, -0.25) is 4.79 Å². The fourth-order valence-corrected chi connectivity index (χ4v) is 1.34. The van der Waals surface area contributed by atoms with E-state index in [4.69, 9.17) is 5.73 Å². The maximum absolute atomic E-state index is 11.7. The topological polar surface area (TPSA) is 46.3 Å². The van der Waals surface area contributed by atoms with E-state index in [1.165, 1.54) is 12.8 Å². The first-order valence-electron chi connectivity index (χ1n) is 5.89. The Morgan fingerprint density at radius 3 is 2.40 bits per heavy atom. The zero-order valence-electron chi connectivity index (χ0n) is 10.7. The van der Waals surface area contributed by atoms with E-state index in [2.05, 4.69) is 6.92 Å². The Balaban J connectivity index is 3.70. The monoisotopic (exact) mass is 214 g/mol. The SMILES string of the molecule is CCCCCN(C)C(=O)CCC(C)(C)N. The van der Waals surface area contributed by atoms with E-state index < -0.39 is 0 Å². The minimum absolute atomic E-state index is 0.213. The second-order valence-corrected chi connectivity index (χ2v) is 5.01. The quantitative estimate of drug-likeness (QED) is 0.660. The predicted molar refractivity (Wildman–Crippen MR) is 64.7 cm³/mol. The molecule has 3 heteroatoms. The fraction of sp³-hybridized carbons (Fsp3) is 0.917. The van der Waals surface area contributed by atoms with Crippen LogP contribution in [0.4, 0.5) is 0 Å². The normalized spacial score (nSPS) is 11.5. The maximum atomic E-state index is 11.7. The van der Waals surface area contributed by atoms with Gasteiger partial charge in [0.15, 0.2) is 0 Å². The van der Waals surface area contributed by atoms with Gasteiger partial charge in [0, 0.05) is 25.6 Å². The van der Waals surface area contributed by atoms with Crippen molar-refractivity contribution in [3.05, 3.63) is 0 Å². The molecule has 0 aliphatic carbocycles. The van der Waals surface area contributed by atoms with E-state index in [1.807, 2.05) is 25.8 Å². The highest BCUT2D eigenvalue weighted by molar-refractivity contribution is 5.75. The number of unbranched alkanes of at least 4 members (excludes halogenated alkanes) is 2. The van der Waals surface area contributed by atoms with Crippen LogP contribution < -0.4 is 5.73 Å². The van der Waals surface area contributed by atoms with Gasteiger partial charge in [-0.25, -0.2) is 0 Å². The molecule has 90 valence electrons. The Hall–Kier alpha value is -0.570. The standard InChI is InChI=1S/C12H26N2O/c1-5-6-7-10-14(4)11(15)8-9-12(2,3)13/h5-10,13H2,1-4H3. The molecule has 0 bridgehead atoms. The Labute approximate surface area is 94.0 Å². The lowest BCUT2D eigenvalue weighted by Crippen LogP contribution is -2.35. The van der Waals surface area contributed by atoms with Crippen LogP contribution in [0.2, 0.25) is 0 Å². The zero-order valence-corrected chi connectivity index (χ0v) is 10.7. The van der Waals surface area contributed by atoms with Gasteiger partial charge in [-0.1, -0.05) is 19.8 Å². The van der Waals surface area contributed by atoms with Gasteiger partial charge in [0.1, 0.15) is 0 Å². The third-order valence-electron chi connectivity index (χ3n) is 2.51. The molecule has 3 nitrogen and oxygen atoms in total. The highest BCUT2D eigenvalue weighted by atomic mass is 16.2. The molecule has 0 radical (unpaired) electrons. The minimum Gasteiger partial charge on any atom is -0.346 e. The van der Waals surface area contributed by atoms with Crippen LogP contribution in [0.5, 0.6) is 0 Å². The number of hydrogen-bond donors (Lipinski definition) is 1. The van der Waals surface area contributed by atoms with E-state index >= 15 is 0 Å². The van der Waals surface area contributed by atoms with Crippen LogP contribution in [0.3, 0.4) is 0 Å². The first-order valence-corrected chi connectivity index (χ1v) is 5.89. The fourth-order valence-electron chi connectivity index (χ4n) is 1.34. The Morgan fingerprint density at radius 2 is 1.93 bits per heavy atom. The zero-order chi connectivity index (χ0) is 11.9. The van der Waals surface area contributed by atoms with Crippen molar-refractivity contribution in [2.45, 2.75) is 58.4 Å². The summed E-state index contributed by atoms with van der Waals surface area (Å²) in [4.78, 5) is 13.5. The maximum Gasteiger partial charge on any atom is 0.222 e. The Bertz CT molecular complexity index is 185. The molecule has 0 aromatic carbocycles. The number of carbonyl (C=O) groups is 1. The molecule has 1 amide bonds. The van der Waals surface area contributed by atoms with Gasteiger partial charge in [0.05, 0.1) is 0 Å². The van der Waals surface area contributed by atoms with Gasteiger partial charge < -0.3 is 10.6 Å². The van der Waals surface area contributed by atoms with Gasteiger partial charge >= 0.3 is 0 Å². The molecule has 0 rings (SSSR count). The summed E-state index contributed by atoms with van der Waals surface area (Å²) in [5.41, 5.74) is 5.60. The van der Waals surface area contributed by atoms with E-state index in [9.17, 15) is 4.79 Å². The molecule has 0 aromatic rings. The van der Waals surface area contributed by atoms with Gasteiger partial charge in [0.25, 0.3) is 0 Å². The second-order valence-electron chi connectivity index (χ2n) is 5.01. The number of nitrogens with two attached hydrogens (primary N) is 1. The lowest BCUT2D eigenvalue weighted by Gasteiger charge is -2.21. The van der Waals surface area contributed by atoms with E-state index in [0.717, 1.165) is 19.4 Å². The summed E-state index contributed by atoms with van der Waals surface area (Å²) in [5.74, 6) is 0.213. The molecular formula is C12H26N2O. The molecule has 0 spiro atoms. The molecule has 0 atom stereocenters. The molecule has 0 heterocycles. The molecule has 15 heavy (non-hydrogen) atoms. The number of amides is 1. The van der Waals surface area contributed by atoms with Crippen LogP contribution >= 0.6 is 0 Å². The van der Waals surface area contributed by atoms with Crippen LogP contribution in [-0.2, 0) is 4.79 Å². The molecule has 0 aliphatic rings. The average molecular weight is 214 g/mol. The lowest BCUT2D eigenvalue weighted by molar-refractivity contribution is -0.130. The van der Waals surface area contributed by atoms with E-state index in [0.29, 0.717) is 6.42 Å². The van der Waals surface area contributed by atoms with Crippen LogP contribution in [0.15, 0.2) is 0 Å². The van der Waals surface area contributed by atoms with Crippen molar-refractivity contribution in [1.29, 1.82) is 0 Å². The van der Waals surface area contributed by atoms with Crippen LogP contribution in [0, 0.1) is 0 Å². The summed E-state index contributed by atoms with van der Waals surface area (Å²) in [6, 6.07) is 0. The summed E-state index contributed by atoms with van der Waals surface area (Å²) < 4.78 is 0. The van der Waals surface area contributed by atoms with Crippen molar-refractivity contribution in [2.24, 2.45) is 5.73 Å². The number of nitrogens with zero attached hydrogens (tertiary/aromatic N) is 1. The molecule has 0 aliphatic heterocycles. The Morgan fingerprint density at radius 1 is 1.33 bits per heavy atom. The van der Waals surface area contributed by atoms with Gasteiger partial charge in [0.2, 0.25) is 5.91 Å². The molecular weight excluding hydrogens is 188 g/mol. The van der Waals surface area contributed by atoms with Gasteiger partial charge in [-0.2, -0.15) is 0 Å². The number of carbonyl (C=O) groups excluding carboxylic acids is 1. The molecule has 2 N–H and O–H groups in total. The smallest absolute Gasteiger partial charge is 0.222 e. The highest BCUT2D eigenvalue weighted by Gasteiger charge is 2.15. The third kappa shape index (κ3) is 8.43. The first kappa shape index (κ1) is 14.4. The van der Waals surface area contributed by atoms with Crippen molar-refractivity contribution < 1.29 is 4.79 Å². The van der Waals surface area contributed by atoms with Crippen LogP contribution in [0.25, 0.3) is 0 Å². The molecule has 0 saturated carbocycles. The summed E-state index contributed by atoms with van der Waals surface area (Å²) in [6.07, 6.45) is 4.80. The van der Waals surface area contributed by atoms with Crippen molar-refractivity contribution in [3.63, 3.8) is 0 Å². The van der Waals surface area contributed by atoms with Gasteiger partial charge in [-0.15, -0.1) is 0 Å². The van der Waals surface area contributed by atoms with Crippen molar-refractivity contribution in [3.8, 4) is 0 Å². The van der Waals surface area contributed by atoms with Crippen molar-refractivity contribution in [2.75, 3.05) is 13.6 Å².